The lowest BCUT2D eigenvalue weighted by Gasteiger charge is -2.10. The highest BCUT2D eigenvalue weighted by atomic mass is 32.2. The molecule has 9 nitrogen and oxygen atoms in total. The number of ether oxygens (including phenoxy) is 1. The lowest BCUT2D eigenvalue weighted by molar-refractivity contribution is 0.419. The molecule has 10 heteroatoms. The Morgan fingerprint density at radius 3 is 2.81 bits per heavy atom. The molecule has 3 aromatic heterocycles. The van der Waals surface area contributed by atoms with Gasteiger partial charge >= 0.3 is 0 Å². The fourth-order valence-electron chi connectivity index (χ4n) is 3.30. The number of aryl methyl sites for hydroxylation is 1. The van der Waals surface area contributed by atoms with E-state index in [9.17, 15) is 4.79 Å². The fraction of sp³-hybridized carbons (Fsp3) is 0.136. The summed E-state index contributed by atoms with van der Waals surface area (Å²) < 4.78 is 11.1. The molecule has 160 valence electrons. The second-order valence-corrected chi connectivity index (χ2v) is 7.86. The van der Waals surface area contributed by atoms with Gasteiger partial charge in [-0.05, 0) is 25.1 Å². The number of methoxy groups -OCH3 is 1. The number of hydrogen-bond donors (Lipinski definition) is 2. The van der Waals surface area contributed by atoms with Gasteiger partial charge in [-0.1, -0.05) is 36.0 Å². The molecule has 0 bridgehead atoms. The van der Waals surface area contributed by atoms with Gasteiger partial charge in [-0.2, -0.15) is 0 Å². The number of aromatic nitrogens is 5. The number of anilines is 2. The van der Waals surface area contributed by atoms with Crippen molar-refractivity contribution in [3.05, 3.63) is 70.3 Å². The number of hydrogen-bond acceptors (Lipinski definition) is 9. The van der Waals surface area contributed by atoms with E-state index in [1.165, 1.54) is 17.8 Å². The van der Waals surface area contributed by atoms with E-state index in [2.05, 4.69) is 30.2 Å². The molecule has 0 aliphatic carbocycles. The number of aromatic amines is 1. The molecule has 0 saturated heterocycles. The molecule has 32 heavy (non-hydrogen) atoms. The van der Waals surface area contributed by atoms with Gasteiger partial charge in [0.15, 0.2) is 5.58 Å². The third-order valence-electron chi connectivity index (χ3n) is 4.74. The smallest absolute Gasteiger partial charge is 0.257 e. The number of thioether (sulfide) groups is 1. The van der Waals surface area contributed by atoms with Crippen molar-refractivity contribution in [3.63, 3.8) is 0 Å². The van der Waals surface area contributed by atoms with Crippen molar-refractivity contribution in [3.8, 4) is 5.75 Å². The predicted octanol–water partition coefficient (Wildman–Crippen LogP) is 4.21. The van der Waals surface area contributed by atoms with E-state index >= 15 is 0 Å². The van der Waals surface area contributed by atoms with E-state index in [0.29, 0.717) is 33.9 Å². The van der Waals surface area contributed by atoms with Gasteiger partial charge in [0.05, 0.1) is 18.5 Å². The van der Waals surface area contributed by atoms with Crippen molar-refractivity contribution in [2.75, 3.05) is 12.4 Å². The zero-order valence-corrected chi connectivity index (χ0v) is 18.1. The number of nitrogens with zero attached hydrogens (tertiary/aromatic N) is 4. The Kier molecular flexibility index (Phi) is 5.20. The van der Waals surface area contributed by atoms with Crippen LogP contribution in [0.1, 0.15) is 11.4 Å². The van der Waals surface area contributed by atoms with Crippen molar-refractivity contribution in [2.24, 2.45) is 0 Å². The van der Waals surface area contributed by atoms with Crippen LogP contribution in [0.3, 0.4) is 0 Å². The zero-order valence-electron chi connectivity index (χ0n) is 17.2. The molecule has 0 fully saturated rings. The largest absolute Gasteiger partial charge is 0.494 e. The van der Waals surface area contributed by atoms with E-state index in [4.69, 9.17) is 9.15 Å². The summed E-state index contributed by atoms with van der Waals surface area (Å²) in [6.45, 7) is 1.89. The van der Waals surface area contributed by atoms with Gasteiger partial charge in [0.1, 0.15) is 16.8 Å². The van der Waals surface area contributed by atoms with Crippen molar-refractivity contribution < 1.29 is 9.15 Å². The van der Waals surface area contributed by atoms with Crippen molar-refractivity contribution in [1.29, 1.82) is 0 Å². The molecule has 3 heterocycles. The summed E-state index contributed by atoms with van der Waals surface area (Å²) in [5, 5.41) is 4.40. The number of benzene rings is 2. The van der Waals surface area contributed by atoms with Crippen LogP contribution in [0.4, 0.5) is 11.9 Å². The van der Waals surface area contributed by atoms with E-state index in [-0.39, 0.29) is 11.5 Å². The molecule has 5 rings (SSSR count). The maximum absolute atomic E-state index is 12.2. The van der Waals surface area contributed by atoms with Crippen molar-refractivity contribution in [1.82, 2.24) is 24.9 Å². The van der Waals surface area contributed by atoms with E-state index in [0.717, 1.165) is 22.2 Å². The lowest BCUT2D eigenvalue weighted by atomic mass is 10.2. The van der Waals surface area contributed by atoms with Crippen molar-refractivity contribution in [2.45, 2.75) is 17.9 Å². The minimum absolute atomic E-state index is 0.249. The van der Waals surface area contributed by atoms with Crippen LogP contribution in [0.25, 0.3) is 22.0 Å². The molecule has 0 saturated carbocycles. The molecule has 0 atom stereocenters. The second kappa shape index (κ2) is 8.31. The van der Waals surface area contributed by atoms with Gasteiger partial charge in [-0.15, -0.1) is 0 Å². The summed E-state index contributed by atoms with van der Waals surface area (Å²) >= 11 is 1.36. The first-order chi connectivity index (χ1) is 15.6. The molecule has 5 aromatic rings. The molecule has 2 N–H and O–H groups in total. The van der Waals surface area contributed by atoms with Gasteiger partial charge in [0, 0.05) is 17.2 Å². The van der Waals surface area contributed by atoms with Crippen molar-refractivity contribution >= 4 is 45.7 Å². The summed E-state index contributed by atoms with van der Waals surface area (Å²) in [7, 11) is 1.59. The number of rotatable bonds is 6. The molecule has 0 aliphatic heterocycles. The quantitative estimate of drug-likeness (QED) is 0.370. The molecule has 0 spiro atoms. The van der Waals surface area contributed by atoms with E-state index < -0.39 is 0 Å². The van der Waals surface area contributed by atoms with E-state index in [1.807, 2.05) is 49.4 Å². The van der Waals surface area contributed by atoms with Crippen LogP contribution in [-0.4, -0.2) is 32.0 Å². The van der Waals surface area contributed by atoms with Crippen LogP contribution in [0.2, 0.25) is 0 Å². The maximum Gasteiger partial charge on any atom is 0.257 e. The Bertz CT molecular complexity index is 1460. The third kappa shape index (κ3) is 4.00. The summed E-state index contributed by atoms with van der Waals surface area (Å²) in [6, 6.07) is 14.6. The number of fused-ring (bicyclic) bond motifs is 2. The van der Waals surface area contributed by atoms with Gasteiger partial charge in [0.25, 0.3) is 10.8 Å². The molecular weight excluding hydrogens is 428 g/mol. The molecule has 0 radical (unpaired) electrons. The first-order valence-corrected chi connectivity index (χ1v) is 10.7. The second-order valence-electron chi connectivity index (χ2n) is 6.94. The minimum atomic E-state index is -0.286. The molecule has 0 unspecified atom stereocenters. The highest BCUT2D eigenvalue weighted by Gasteiger charge is 2.12. The fourth-order valence-corrected chi connectivity index (χ4v) is 4.03. The Balaban J connectivity index is 1.39. The Morgan fingerprint density at radius 1 is 1.09 bits per heavy atom. The lowest BCUT2D eigenvalue weighted by Crippen LogP contribution is -2.13. The van der Waals surface area contributed by atoms with Crippen LogP contribution in [0.5, 0.6) is 5.75 Å². The number of H-pyrrole nitrogens is 1. The van der Waals surface area contributed by atoms with E-state index in [1.54, 1.807) is 7.11 Å². The first kappa shape index (κ1) is 20.0. The third-order valence-corrected chi connectivity index (χ3v) is 5.60. The zero-order chi connectivity index (χ0) is 22.1. The Labute approximate surface area is 186 Å². The number of nitrogens with one attached hydrogen (secondary N) is 2. The normalized spacial score (nSPS) is 11.2. The maximum atomic E-state index is 12.2. The number of para-hydroxylation sites is 3. The molecule has 2 aromatic carbocycles. The summed E-state index contributed by atoms with van der Waals surface area (Å²) in [5.74, 6) is 1.61. The monoisotopic (exact) mass is 446 g/mol. The molecule has 0 amide bonds. The molecule has 0 aliphatic rings. The molecular formula is C22H18N6O3S. The SMILES string of the molecule is COc1cccc2c(C)nc(Nc3nc(CSc4nc5ccccc5o4)cc(=O)[nH]3)nc12. The first-order valence-electron chi connectivity index (χ1n) is 9.76. The highest BCUT2D eigenvalue weighted by molar-refractivity contribution is 7.98. The van der Waals surface area contributed by atoms with Crippen LogP contribution in [0.15, 0.2) is 63.0 Å². The Morgan fingerprint density at radius 2 is 1.97 bits per heavy atom. The average molecular weight is 446 g/mol. The summed E-state index contributed by atoms with van der Waals surface area (Å²) in [6.07, 6.45) is 0. The van der Waals surface area contributed by atoms with Crippen LogP contribution >= 0.6 is 11.8 Å². The standard InChI is InChI=1S/C22H18N6O3S/c1-12-14-6-5-9-17(30-2)19(14)27-20(23-12)28-21-24-13(10-18(29)26-21)11-32-22-25-15-7-3-4-8-16(15)31-22/h3-10H,11H2,1-2H3,(H2,23,24,26,27,28,29). The van der Waals surface area contributed by atoms with Crippen LogP contribution in [0, 0.1) is 6.92 Å². The van der Waals surface area contributed by atoms with Crippen LogP contribution in [-0.2, 0) is 5.75 Å². The average Bonchev–Trinajstić information content (AvgIpc) is 3.20. The highest BCUT2D eigenvalue weighted by Crippen LogP contribution is 2.27. The van der Waals surface area contributed by atoms with Crippen LogP contribution < -0.4 is 15.6 Å². The Hall–Kier alpha value is -3.92. The minimum Gasteiger partial charge on any atom is -0.494 e. The predicted molar refractivity (Wildman–Crippen MR) is 123 cm³/mol. The summed E-state index contributed by atoms with van der Waals surface area (Å²) in [4.78, 5) is 32.8. The summed E-state index contributed by atoms with van der Waals surface area (Å²) in [5.41, 5.74) is 3.24. The topological polar surface area (TPSA) is 119 Å². The van der Waals surface area contributed by atoms with Gasteiger partial charge in [-0.25, -0.2) is 19.9 Å². The van der Waals surface area contributed by atoms with Gasteiger partial charge in [0.2, 0.25) is 11.9 Å². The number of oxazole rings is 1. The van der Waals surface area contributed by atoms with Gasteiger partial charge < -0.3 is 9.15 Å². The van der Waals surface area contributed by atoms with Gasteiger partial charge in [-0.3, -0.25) is 15.1 Å².